The fourth-order valence-electron chi connectivity index (χ4n) is 5.59. The van der Waals surface area contributed by atoms with Crippen LogP contribution < -0.4 is 9.64 Å². The van der Waals surface area contributed by atoms with E-state index >= 15 is 0 Å². The third kappa shape index (κ3) is 2.97. The summed E-state index contributed by atoms with van der Waals surface area (Å²) >= 11 is 1.62. The first-order valence-electron chi connectivity index (χ1n) is 11.5. The number of H-pyrrole nitrogens is 1. The average Bonchev–Trinajstić information content (AvgIpc) is 3.38. The zero-order valence-corrected chi connectivity index (χ0v) is 20.6. The maximum absolute atomic E-state index is 14.0. The van der Waals surface area contributed by atoms with Gasteiger partial charge in [0.25, 0.3) is 5.91 Å². The zero-order chi connectivity index (χ0) is 24.3. The van der Waals surface area contributed by atoms with Gasteiger partial charge < -0.3 is 14.6 Å². The molecule has 1 saturated heterocycles. The first-order chi connectivity index (χ1) is 17.0. The van der Waals surface area contributed by atoms with Gasteiger partial charge in [-0.15, -0.1) is 11.8 Å². The molecule has 6 rings (SSSR count). The van der Waals surface area contributed by atoms with Gasteiger partial charge in [0.1, 0.15) is 5.75 Å². The number of amides is 3. The van der Waals surface area contributed by atoms with Gasteiger partial charge in [-0.25, -0.2) is 9.69 Å². The van der Waals surface area contributed by atoms with E-state index < -0.39 is 5.54 Å². The van der Waals surface area contributed by atoms with Crippen molar-refractivity contribution in [1.29, 1.82) is 0 Å². The van der Waals surface area contributed by atoms with E-state index in [2.05, 4.69) is 11.1 Å². The van der Waals surface area contributed by atoms with E-state index in [0.717, 1.165) is 38.4 Å². The summed E-state index contributed by atoms with van der Waals surface area (Å²) in [6.07, 6.45) is 2.00. The maximum Gasteiger partial charge on any atom is 0.332 e. The Labute approximate surface area is 207 Å². The number of nitrogens with one attached hydrogen (secondary N) is 1. The molecule has 6 nitrogen and oxygen atoms in total. The molecule has 3 amide bonds. The van der Waals surface area contributed by atoms with Crippen LogP contribution in [-0.4, -0.2) is 41.7 Å². The van der Waals surface area contributed by atoms with Crippen LogP contribution >= 0.6 is 11.8 Å². The molecule has 0 saturated carbocycles. The molecule has 1 N–H and O–H groups in total. The minimum Gasteiger partial charge on any atom is -0.496 e. The van der Waals surface area contributed by atoms with Crippen molar-refractivity contribution in [2.24, 2.45) is 0 Å². The molecule has 176 valence electrons. The summed E-state index contributed by atoms with van der Waals surface area (Å²) in [5.74, 6) is 0.367. The van der Waals surface area contributed by atoms with E-state index in [4.69, 9.17) is 4.74 Å². The van der Waals surface area contributed by atoms with Crippen LogP contribution in [0.25, 0.3) is 10.9 Å². The van der Waals surface area contributed by atoms with Gasteiger partial charge in [0.2, 0.25) is 0 Å². The summed E-state index contributed by atoms with van der Waals surface area (Å²) in [6.45, 7) is 2.23. The van der Waals surface area contributed by atoms with Crippen molar-refractivity contribution in [2.75, 3.05) is 24.8 Å². The van der Waals surface area contributed by atoms with Crippen molar-refractivity contribution in [3.8, 4) is 5.75 Å². The number of anilines is 1. The lowest BCUT2D eigenvalue weighted by molar-refractivity contribution is -0.125. The molecular weight excluding hydrogens is 458 g/mol. The Morgan fingerprint density at radius 1 is 1.00 bits per heavy atom. The molecule has 2 atom stereocenters. The van der Waals surface area contributed by atoms with E-state index in [0.29, 0.717) is 12.2 Å². The van der Waals surface area contributed by atoms with Crippen LogP contribution in [0.5, 0.6) is 5.75 Å². The van der Waals surface area contributed by atoms with Crippen molar-refractivity contribution in [1.82, 2.24) is 9.88 Å². The molecule has 3 aromatic carbocycles. The van der Waals surface area contributed by atoms with E-state index in [1.807, 2.05) is 79.9 Å². The molecule has 0 unspecified atom stereocenters. The van der Waals surface area contributed by atoms with Crippen LogP contribution in [0.2, 0.25) is 0 Å². The van der Waals surface area contributed by atoms with Crippen LogP contribution in [0.3, 0.4) is 0 Å². The smallest absolute Gasteiger partial charge is 0.332 e. The average molecular weight is 484 g/mol. The van der Waals surface area contributed by atoms with E-state index in [-0.39, 0.29) is 17.9 Å². The highest BCUT2D eigenvalue weighted by Crippen LogP contribution is 2.51. The van der Waals surface area contributed by atoms with Gasteiger partial charge in [0, 0.05) is 33.8 Å². The number of imide groups is 1. The first kappa shape index (κ1) is 21.8. The van der Waals surface area contributed by atoms with Crippen LogP contribution in [-0.2, 0) is 10.3 Å². The van der Waals surface area contributed by atoms with Gasteiger partial charge in [0.15, 0.2) is 5.54 Å². The highest BCUT2D eigenvalue weighted by Gasteiger charge is 2.60. The number of methoxy groups -OCH3 is 1. The Hall–Kier alpha value is -3.71. The lowest BCUT2D eigenvalue weighted by atomic mass is 9.78. The number of benzene rings is 3. The van der Waals surface area contributed by atoms with Crippen LogP contribution in [0.15, 0.2) is 77.7 Å². The third-order valence-electron chi connectivity index (χ3n) is 7.37. The lowest BCUT2D eigenvalue weighted by Gasteiger charge is -2.40. The molecule has 3 heterocycles. The number of aromatic amines is 1. The van der Waals surface area contributed by atoms with Crippen LogP contribution in [0, 0.1) is 0 Å². The SMILES string of the molecule is COc1ccccc1[C@H]1CN2C(=O)N(c3ccc(SC)cc3)C(=O)[C@]2(C)c2[nH]c3ccccc3c21. The number of rotatable bonds is 4. The number of urea groups is 1. The number of nitrogens with zero attached hydrogens (tertiary/aromatic N) is 2. The summed E-state index contributed by atoms with van der Waals surface area (Å²) in [5.41, 5.74) is 3.20. The lowest BCUT2D eigenvalue weighted by Crippen LogP contribution is -2.50. The molecule has 2 aliphatic rings. The van der Waals surface area contributed by atoms with E-state index in [9.17, 15) is 9.59 Å². The number of ether oxygens (including phenoxy) is 1. The third-order valence-corrected chi connectivity index (χ3v) is 8.12. The summed E-state index contributed by atoms with van der Waals surface area (Å²) in [6, 6.07) is 23.2. The number of para-hydroxylation sites is 2. The van der Waals surface area contributed by atoms with Gasteiger partial charge in [-0.05, 0) is 55.1 Å². The molecule has 4 aromatic rings. The van der Waals surface area contributed by atoms with Crippen molar-refractivity contribution < 1.29 is 14.3 Å². The number of hydrogen-bond donors (Lipinski definition) is 1. The Bertz CT molecular complexity index is 1480. The number of fused-ring (bicyclic) bond motifs is 5. The number of carbonyl (C=O) groups is 2. The van der Waals surface area contributed by atoms with Crippen LogP contribution in [0.1, 0.15) is 29.7 Å². The van der Waals surface area contributed by atoms with Crippen molar-refractivity contribution in [3.63, 3.8) is 0 Å². The Morgan fingerprint density at radius 3 is 2.46 bits per heavy atom. The monoisotopic (exact) mass is 483 g/mol. The molecule has 2 aliphatic heterocycles. The topological polar surface area (TPSA) is 65.6 Å². The van der Waals surface area contributed by atoms with Gasteiger partial charge in [-0.2, -0.15) is 0 Å². The molecule has 0 spiro atoms. The number of carbonyl (C=O) groups excluding carboxylic acids is 2. The highest BCUT2D eigenvalue weighted by atomic mass is 32.2. The molecule has 7 heteroatoms. The second-order valence-electron chi connectivity index (χ2n) is 9.06. The fraction of sp³-hybridized carbons (Fsp3) is 0.214. The Balaban J connectivity index is 1.57. The Kier molecular flexibility index (Phi) is 4.93. The van der Waals surface area contributed by atoms with Crippen molar-refractivity contribution in [2.45, 2.75) is 23.3 Å². The molecule has 0 aliphatic carbocycles. The number of thioether (sulfide) groups is 1. The fourth-order valence-corrected chi connectivity index (χ4v) is 5.99. The predicted molar refractivity (Wildman–Crippen MR) is 138 cm³/mol. The molecule has 0 bridgehead atoms. The predicted octanol–water partition coefficient (Wildman–Crippen LogP) is 5.73. The standard InChI is InChI=1S/C28H25N3O3S/c1-28-25-24(20-9-4-6-10-22(20)29-25)21(19-8-5-7-11-23(19)34-2)16-30(28)27(33)31(26(28)32)17-12-14-18(35-3)15-13-17/h4-15,21,29H,16H2,1-3H3/t21-,28+/m1/s1. The quantitative estimate of drug-likeness (QED) is 0.297. The molecule has 1 aromatic heterocycles. The summed E-state index contributed by atoms with van der Waals surface area (Å²) in [7, 11) is 1.66. The summed E-state index contributed by atoms with van der Waals surface area (Å²) < 4.78 is 5.71. The minimum absolute atomic E-state index is 0.152. The van der Waals surface area contributed by atoms with Crippen LogP contribution in [0.4, 0.5) is 10.5 Å². The highest BCUT2D eigenvalue weighted by molar-refractivity contribution is 7.98. The largest absolute Gasteiger partial charge is 0.496 e. The van der Waals surface area contributed by atoms with Gasteiger partial charge in [-0.3, -0.25) is 4.79 Å². The summed E-state index contributed by atoms with van der Waals surface area (Å²) in [5, 5.41) is 1.06. The number of aromatic nitrogens is 1. The second-order valence-corrected chi connectivity index (χ2v) is 9.94. The molecule has 1 fully saturated rings. The van der Waals surface area contributed by atoms with Crippen molar-refractivity contribution in [3.05, 3.63) is 89.6 Å². The zero-order valence-electron chi connectivity index (χ0n) is 19.7. The molecular formula is C28H25N3O3S. The second kappa shape index (κ2) is 7.92. The van der Waals surface area contributed by atoms with Gasteiger partial charge in [-0.1, -0.05) is 36.4 Å². The normalized spacial score (nSPS) is 21.4. The molecule has 0 radical (unpaired) electrons. The molecule has 35 heavy (non-hydrogen) atoms. The Morgan fingerprint density at radius 2 is 1.71 bits per heavy atom. The van der Waals surface area contributed by atoms with Gasteiger partial charge in [0.05, 0.1) is 18.5 Å². The summed E-state index contributed by atoms with van der Waals surface area (Å²) in [4.78, 5) is 35.5. The number of hydrogen-bond acceptors (Lipinski definition) is 4. The van der Waals surface area contributed by atoms with Gasteiger partial charge >= 0.3 is 6.03 Å². The minimum atomic E-state index is -1.14. The van der Waals surface area contributed by atoms with E-state index in [1.165, 1.54) is 4.90 Å². The van der Waals surface area contributed by atoms with E-state index in [1.54, 1.807) is 23.8 Å². The maximum atomic E-state index is 14.0. The first-order valence-corrected chi connectivity index (χ1v) is 12.8. The van der Waals surface area contributed by atoms with Crippen molar-refractivity contribution >= 4 is 40.3 Å².